The van der Waals surface area contributed by atoms with Crippen molar-refractivity contribution < 1.29 is 28.5 Å². The second-order valence-corrected chi connectivity index (χ2v) is 10.3. The van der Waals surface area contributed by atoms with E-state index in [2.05, 4.69) is 15.2 Å². The second-order valence-electron chi connectivity index (χ2n) is 10.3. The number of ether oxygens (including phenoxy) is 1. The van der Waals surface area contributed by atoms with E-state index < -0.39 is 29.1 Å². The number of anilines is 1. The van der Waals surface area contributed by atoms with Crippen LogP contribution in [0.15, 0.2) is 42.6 Å². The van der Waals surface area contributed by atoms with Gasteiger partial charge in [-0.1, -0.05) is 0 Å². The number of aromatic nitrogens is 1. The number of aliphatic hydroxyl groups is 1. The number of rotatable bonds is 11. The molecule has 3 aromatic rings. The molecule has 1 aliphatic rings. The van der Waals surface area contributed by atoms with E-state index in [4.69, 9.17) is 4.74 Å². The minimum atomic E-state index is -0.835. The molecule has 38 heavy (non-hydrogen) atoms. The lowest BCUT2D eigenvalue weighted by Crippen LogP contribution is -2.43. The van der Waals surface area contributed by atoms with Crippen LogP contribution in [0.1, 0.15) is 49.3 Å². The summed E-state index contributed by atoms with van der Waals surface area (Å²) in [6, 6.07) is 8.93. The summed E-state index contributed by atoms with van der Waals surface area (Å²) in [5, 5.41) is 24.8. The van der Waals surface area contributed by atoms with Gasteiger partial charge in [0.05, 0.1) is 25.2 Å². The van der Waals surface area contributed by atoms with E-state index in [0.29, 0.717) is 50.2 Å². The average Bonchev–Trinajstić information content (AvgIpc) is 2.87. The number of methoxy groups -OCH3 is 1. The third-order valence-corrected chi connectivity index (χ3v) is 7.66. The fourth-order valence-electron chi connectivity index (χ4n) is 5.55. The van der Waals surface area contributed by atoms with Gasteiger partial charge in [-0.15, -0.1) is 0 Å². The maximum Gasteiger partial charge on any atom is 0.303 e. The number of likely N-dealkylation sites (tertiary alicyclic amines) is 1. The van der Waals surface area contributed by atoms with E-state index in [0.717, 1.165) is 41.2 Å². The Labute approximate surface area is 221 Å². The van der Waals surface area contributed by atoms with Gasteiger partial charge in [-0.2, -0.15) is 0 Å². The van der Waals surface area contributed by atoms with Crippen LogP contribution in [0.3, 0.4) is 0 Å². The van der Waals surface area contributed by atoms with Crippen LogP contribution in [-0.4, -0.2) is 59.4 Å². The number of aliphatic hydroxyl groups excluding tert-OH is 1. The fraction of sp³-hybridized carbons (Fsp3) is 0.448. The number of pyridine rings is 1. The van der Waals surface area contributed by atoms with Crippen LogP contribution < -0.4 is 10.1 Å². The van der Waals surface area contributed by atoms with Gasteiger partial charge in [0.2, 0.25) is 0 Å². The number of carboxylic acids is 1. The highest BCUT2D eigenvalue weighted by atomic mass is 19.1. The van der Waals surface area contributed by atoms with Crippen LogP contribution in [0.2, 0.25) is 0 Å². The standard InChI is InChI=1S/C29H35F2N3O4/c1-19-18-33-25-4-3-23(38-2)16-24(25)28(19)26(35)5-6-29(17-27(36)37)7-10-34(11-8-29)12-9-32-22-14-20(30)13-21(31)15-22/h3-4,13-16,18,26,32,35H,5-12,17H2,1-2H3,(H,36,37)/t26-/m1/s1. The first-order valence-electron chi connectivity index (χ1n) is 12.9. The van der Waals surface area contributed by atoms with Crippen molar-refractivity contribution in [2.75, 3.05) is 38.6 Å². The smallest absolute Gasteiger partial charge is 0.303 e. The minimum Gasteiger partial charge on any atom is -0.497 e. The maximum atomic E-state index is 13.4. The van der Waals surface area contributed by atoms with E-state index in [-0.39, 0.29) is 6.42 Å². The summed E-state index contributed by atoms with van der Waals surface area (Å²) in [5.41, 5.74) is 2.44. The highest BCUT2D eigenvalue weighted by Crippen LogP contribution is 2.42. The van der Waals surface area contributed by atoms with Crippen LogP contribution in [0.25, 0.3) is 10.9 Å². The summed E-state index contributed by atoms with van der Waals surface area (Å²) in [4.78, 5) is 18.5. The number of hydrogen-bond donors (Lipinski definition) is 3. The number of aryl methyl sites for hydroxylation is 1. The van der Waals surface area contributed by atoms with Gasteiger partial charge in [0, 0.05) is 36.4 Å². The lowest BCUT2D eigenvalue weighted by molar-refractivity contribution is -0.141. The summed E-state index contributed by atoms with van der Waals surface area (Å²) in [5.74, 6) is -1.40. The van der Waals surface area contributed by atoms with E-state index in [1.165, 1.54) is 12.1 Å². The SMILES string of the molecule is COc1ccc2ncc(C)c([C@H](O)CCC3(CC(=O)O)CCN(CCNc4cc(F)cc(F)c4)CC3)c2c1. The van der Waals surface area contributed by atoms with Crippen molar-refractivity contribution in [2.45, 2.75) is 45.1 Å². The van der Waals surface area contributed by atoms with Gasteiger partial charge < -0.3 is 25.2 Å². The van der Waals surface area contributed by atoms with Gasteiger partial charge in [-0.3, -0.25) is 9.78 Å². The number of fused-ring (bicyclic) bond motifs is 1. The number of carbonyl (C=O) groups is 1. The van der Waals surface area contributed by atoms with Crippen LogP contribution >= 0.6 is 0 Å². The molecule has 1 saturated heterocycles. The molecule has 1 atom stereocenters. The lowest BCUT2D eigenvalue weighted by atomic mass is 9.71. The second kappa shape index (κ2) is 12.0. The number of halogens is 2. The molecular formula is C29H35F2N3O4. The van der Waals surface area contributed by atoms with Crippen LogP contribution in [-0.2, 0) is 4.79 Å². The van der Waals surface area contributed by atoms with Gasteiger partial charge >= 0.3 is 5.97 Å². The van der Waals surface area contributed by atoms with Crippen LogP contribution in [0, 0.1) is 24.0 Å². The van der Waals surface area contributed by atoms with Crippen LogP contribution in [0.5, 0.6) is 5.75 Å². The van der Waals surface area contributed by atoms with Crippen molar-refractivity contribution in [1.29, 1.82) is 0 Å². The number of carboxylic acid groups (broad SMARTS) is 1. The number of piperidine rings is 1. The fourth-order valence-corrected chi connectivity index (χ4v) is 5.55. The van der Waals surface area contributed by atoms with E-state index in [1.54, 1.807) is 13.3 Å². The molecule has 0 unspecified atom stereocenters. The monoisotopic (exact) mass is 527 g/mol. The molecular weight excluding hydrogens is 492 g/mol. The van der Waals surface area contributed by atoms with Gasteiger partial charge in [-0.05, 0) is 92.6 Å². The number of benzene rings is 2. The van der Waals surface area contributed by atoms with Crippen molar-refractivity contribution >= 4 is 22.6 Å². The molecule has 4 rings (SSSR count). The maximum absolute atomic E-state index is 13.4. The number of hydrogen-bond acceptors (Lipinski definition) is 6. The first-order chi connectivity index (χ1) is 18.2. The summed E-state index contributed by atoms with van der Waals surface area (Å²) in [7, 11) is 1.60. The lowest BCUT2D eigenvalue weighted by Gasteiger charge is -2.41. The molecule has 0 saturated carbocycles. The quantitative estimate of drug-likeness (QED) is 0.311. The van der Waals surface area contributed by atoms with Gasteiger partial charge in [0.25, 0.3) is 0 Å². The molecule has 0 radical (unpaired) electrons. The highest BCUT2D eigenvalue weighted by Gasteiger charge is 2.37. The topological polar surface area (TPSA) is 94.9 Å². The Bertz CT molecular complexity index is 1260. The zero-order valence-electron chi connectivity index (χ0n) is 21.8. The predicted molar refractivity (Wildman–Crippen MR) is 142 cm³/mol. The van der Waals surface area contributed by atoms with Gasteiger partial charge in [0.15, 0.2) is 0 Å². The molecule has 204 valence electrons. The molecule has 2 aromatic carbocycles. The zero-order chi connectivity index (χ0) is 27.3. The van der Waals surface area contributed by atoms with Crippen molar-refractivity contribution in [3.63, 3.8) is 0 Å². The molecule has 0 aliphatic carbocycles. The Balaban J connectivity index is 1.38. The molecule has 3 N–H and O–H groups in total. The van der Waals surface area contributed by atoms with E-state index in [9.17, 15) is 23.8 Å². The van der Waals surface area contributed by atoms with Crippen molar-refractivity contribution in [1.82, 2.24) is 9.88 Å². The van der Waals surface area contributed by atoms with E-state index >= 15 is 0 Å². The Morgan fingerprint density at radius 3 is 2.55 bits per heavy atom. The number of aliphatic carboxylic acids is 1. The van der Waals surface area contributed by atoms with E-state index in [1.807, 2.05) is 25.1 Å². The van der Waals surface area contributed by atoms with Crippen molar-refractivity contribution in [2.24, 2.45) is 5.41 Å². The number of nitrogens with one attached hydrogen (secondary N) is 1. The van der Waals surface area contributed by atoms with Crippen molar-refractivity contribution in [3.05, 3.63) is 65.4 Å². The van der Waals surface area contributed by atoms with Crippen LogP contribution in [0.4, 0.5) is 14.5 Å². The zero-order valence-corrected chi connectivity index (χ0v) is 21.8. The summed E-state index contributed by atoms with van der Waals surface area (Å²) < 4.78 is 32.2. The molecule has 9 heteroatoms. The Hall–Kier alpha value is -3.30. The molecule has 0 spiro atoms. The molecule has 1 aromatic heterocycles. The Morgan fingerprint density at radius 2 is 1.89 bits per heavy atom. The Kier molecular flexibility index (Phi) is 8.79. The first-order valence-corrected chi connectivity index (χ1v) is 12.9. The van der Waals surface area contributed by atoms with Gasteiger partial charge in [0.1, 0.15) is 17.4 Å². The average molecular weight is 528 g/mol. The largest absolute Gasteiger partial charge is 0.497 e. The molecule has 2 heterocycles. The predicted octanol–water partition coefficient (Wildman–Crippen LogP) is 5.31. The minimum absolute atomic E-state index is 0.0538. The van der Waals surface area contributed by atoms with Gasteiger partial charge in [-0.25, -0.2) is 8.78 Å². The molecule has 1 fully saturated rings. The summed E-state index contributed by atoms with van der Waals surface area (Å²) in [6.07, 6.45) is 3.48. The first kappa shape index (κ1) is 27.7. The summed E-state index contributed by atoms with van der Waals surface area (Å²) >= 11 is 0. The molecule has 7 nitrogen and oxygen atoms in total. The third-order valence-electron chi connectivity index (χ3n) is 7.66. The molecule has 0 bridgehead atoms. The number of nitrogens with zero attached hydrogens (tertiary/aromatic N) is 2. The Morgan fingerprint density at radius 1 is 1.18 bits per heavy atom. The molecule has 0 amide bonds. The van der Waals surface area contributed by atoms with Crippen molar-refractivity contribution in [3.8, 4) is 5.75 Å². The molecule has 1 aliphatic heterocycles. The normalized spacial score (nSPS) is 16.3. The third kappa shape index (κ3) is 6.76. The highest BCUT2D eigenvalue weighted by molar-refractivity contribution is 5.84. The summed E-state index contributed by atoms with van der Waals surface area (Å²) in [6.45, 7) is 4.55.